The Bertz CT molecular complexity index is 230. The summed E-state index contributed by atoms with van der Waals surface area (Å²) in [6.45, 7) is 2.27. The zero-order chi connectivity index (χ0) is 10.2. The second kappa shape index (κ2) is 7.12. The first-order valence-corrected chi connectivity index (χ1v) is 7.05. The predicted molar refractivity (Wildman–Crippen MR) is 66.5 cm³/mol. The van der Waals surface area contributed by atoms with Gasteiger partial charge in [-0.15, -0.1) is 0 Å². The monoisotopic (exact) mass is 252 g/mol. The molecule has 0 radical (unpaired) electrons. The molecule has 0 aliphatic rings. The zero-order valence-electron chi connectivity index (χ0n) is 9.08. The first-order valence-electron chi connectivity index (χ1n) is 5.65. The van der Waals surface area contributed by atoms with Crippen LogP contribution in [0.1, 0.15) is 49.3 Å². The first-order chi connectivity index (χ1) is 6.84. The minimum absolute atomic E-state index is 0.792. The summed E-state index contributed by atoms with van der Waals surface area (Å²) in [5, 5.41) is 0. The molecule has 0 aliphatic carbocycles. The van der Waals surface area contributed by atoms with Crippen LogP contribution in [0.4, 0.5) is 0 Å². The minimum atomic E-state index is 0.792. The topological polar surface area (TPSA) is 0 Å². The van der Waals surface area contributed by atoms with E-state index in [1.54, 1.807) is 0 Å². The van der Waals surface area contributed by atoms with E-state index in [0.717, 1.165) is 4.71 Å². The number of hydrogen-bond donors (Lipinski definition) is 0. The van der Waals surface area contributed by atoms with E-state index in [-0.39, 0.29) is 0 Å². The quantitative estimate of drug-likeness (QED) is 0.538. The molecule has 0 fully saturated rings. The number of unbranched alkanes of at least 4 members (excludes halogenated alkanes) is 3. The Kier molecular flexibility index (Phi) is 6.03. The van der Waals surface area contributed by atoms with E-state index in [1.165, 1.54) is 37.7 Å². The maximum atomic E-state index is 2.27. The van der Waals surface area contributed by atoms with Gasteiger partial charge in [-0.25, -0.2) is 0 Å². The molecular weight excluding hydrogens is 231 g/mol. The molecule has 1 aromatic carbocycles. The van der Waals surface area contributed by atoms with Crippen molar-refractivity contribution in [1.29, 1.82) is 0 Å². The summed E-state index contributed by atoms with van der Waals surface area (Å²) in [5.41, 5.74) is 1.52. The molecule has 14 heavy (non-hydrogen) atoms. The predicted octanol–water partition coefficient (Wildman–Crippen LogP) is 3.33. The SMILES string of the molecule is CCCCCCC([AsH2])c1ccccc1. The molecule has 0 saturated heterocycles. The molecule has 2 atom stereocenters. The molecule has 0 nitrogen and oxygen atoms in total. The van der Waals surface area contributed by atoms with Crippen LogP contribution < -0.4 is 0 Å². The van der Waals surface area contributed by atoms with Gasteiger partial charge in [0.25, 0.3) is 0 Å². The summed E-state index contributed by atoms with van der Waals surface area (Å²) >= 11 is 1.87. The van der Waals surface area contributed by atoms with Crippen molar-refractivity contribution in [3.8, 4) is 0 Å². The summed E-state index contributed by atoms with van der Waals surface area (Å²) in [7, 11) is 0. The summed E-state index contributed by atoms with van der Waals surface area (Å²) in [6.07, 6.45) is 6.90. The second-order valence-electron chi connectivity index (χ2n) is 3.87. The fraction of sp³-hybridized carbons (Fsp3) is 0.538. The molecule has 0 amide bonds. The van der Waals surface area contributed by atoms with Gasteiger partial charge >= 0.3 is 96.5 Å². The van der Waals surface area contributed by atoms with Crippen LogP contribution >= 0.6 is 0 Å². The van der Waals surface area contributed by atoms with Gasteiger partial charge in [-0.1, -0.05) is 0 Å². The van der Waals surface area contributed by atoms with Crippen molar-refractivity contribution < 1.29 is 0 Å². The van der Waals surface area contributed by atoms with E-state index in [2.05, 4.69) is 37.3 Å². The summed E-state index contributed by atoms with van der Waals surface area (Å²) < 4.78 is 0.792. The van der Waals surface area contributed by atoms with Crippen LogP contribution in [-0.4, -0.2) is 16.9 Å². The Labute approximate surface area is 96.6 Å². The second-order valence-corrected chi connectivity index (χ2v) is 5.55. The fourth-order valence-corrected chi connectivity index (χ4v) is 2.62. The van der Waals surface area contributed by atoms with Crippen LogP contribution in [0.15, 0.2) is 30.3 Å². The molecule has 0 bridgehead atoms. The van der Waals surface area contributed by atoms with Crippen molar-refractivity contribution >= 4 is 16.9 Å². The Morgan fingerprint density at radius 1 is 1.07 bits per heavy atom. The molecule has 1 heteroatoms. The number of benzene rings is 1. The molecule has 0 saturated carbocycles. The standard InChI is InChI=1S/C13H21As/c1-2-3-4-8-11-13(14)12-9-6-5-7-10-12/h5-7,9-10,13H,2-4,8,11,14H2,1H3. The van der Waals surface area contributed by atoms with Crippen molar-refractivity contribution in [2.75, 3.05) is 0 Å². The van der Waals surface area contributed by atoms with Crippen LogP contribution in [-0.2, 0) is 0 Å². The fourth-order valence-electron chi connectivity index (χ4n) is 1.66. The Morgan fingerprint density at radius 2 is 1.79 bits per heavy atom. The van der Waals surface area contributed by atoms with Crippen LogP contribution in [0.5, 0.6) is 0 Å². The maximum absolute atomic E-state index is 2.27. The Balaban J connectivity index is 2.25. The first kappa shape index (κ1) is 11.9. The van der Waals surface area contributed by atoms with Gasteiger partial charge in [0.2, 0.25) is 0 Å². The summed E-state index contributed by atoms with van der Waals surface area (Å²) in [5.74, 6) is 0. The average Bonchev–Trinajstić information content (AvgIpc) is 2.25. The van der Waals surface area contributed by atoms with Gasteiger partial charge in [-0.2, -0.15) is 0 Å². The summed E-state index contributed by atoms with van der Waals surface area (Å²) in [6, 6.07) is 10.9. The Hall–Kier alpha value is -0.222. The zero-order valence-corrected chi connectivity index (χ0v) is 11.5. The Morgan fingerprint density at radius 3 is 2.43 bits per heavy atom. The van der Waals surface area contributed by atoms with Crippen LogP contribution in [0, 0.1) is 0 Å². The van der Waals surface area contributed by atoms with E-state index >= 15 is 0 Å². The van der Waals surface area contributed by atoms with Crippen molar-refractivity contribution in [1.82, 2.24) is 0 Å². The molecule has 0 N–H and O–H groups in total. The third-order valence-corrected chi connectivity index (χ3v) is 4.10. The molecule has 2 unspecified atom stereocenters. The van der Waals surface area contributed by atoms with Crippen molar-refractivity contribution in [3.05, 3.63) is 35.9 Å². The van der Waals surface area contributed by atoms with Gasteiger partial charge in [-0.05, 0) is 0 Å². The van der Waals surface area contributed by atoms with E-state index in [0.29, 0.717) is 0 Å². The van der Waals surface area contributed by atoms with Crippen molar-refractivity contribution in [3.63, 3.8) is 0 Å². The number of rotatable bonds is 6. The number of hydrogen-bond acceptors (Lipinski definition) is 0. The molecular formula is C13H21As. The van der Waals surface area contributed by atoms with Crippen molar-refractivity contribution in [2.24, 2.45) is 0 Å². The normalized spacial score (nSPS) is 12.7. The molecule has 1 aromatic rings. The average molecular weight is 252 g/mol. The van der Waals surface area contributed by atoms with Gasteiger partial charge in [-0.3, -0.25) is 0 Å². The molecule has 78 valence electrons. The molecule has 1 rings (SSSR count). The molecule has 0 aromatic heterocycles. The molecule has 0 aliphatic heterocycles. The van der Waals surface area contributed by atoms with E-state index in [9.17, 15) is 0 Å². The van der Waals surface area contributed by atoms with Crippen LogP contribution in [0.25, 0.3) is 0 Å². The van der Waals surface area contributed by atoms with E-state index < -0.39 is 0 Å². The van der Waals surface area contributed by atoms with Crippen LogP contribution in [0.3, 0.4) is 0 Å². The molecule has 0 spiro atoms. The van der Waals surface area contributed by atoms with Crippen molar-refractivity contribution in [2.45, 2.75) is 43.7 Å². The van der Waals surface area contributed by atoms with E-state index in [1.807, 2.05) is 16.9 Å². The van der Waals surface area contributed by atoms with Gasteiger partial charge < -0.3 is 0 Å². The van der Waals surface area contributed by atoms with Crippen LogP contribution in [0.2, 0.25) is 0 Å². The van der Waals surface area contributed by atoms with Gasteiger partial charge in [0.15, 0.2) is 0 Å². The molecule has 0 heterocycles. The van der Waals surface area contributed by atoms with Gasteiger partial charge in [0, 0.05) is 0 Å². The summed E-state index contributed by atoms with van der Waals surface area (Å²) in [4.78, 5) is 0. The van der Waals surface area contributed by atoms with Gasteiger partial charge in [0.1, 0.15) is 0 Å². The third-order valence-electron chi connectivity index (χ3n) is 2.60. The van der Waals surface area contributed by atoms with Gasteiger partial charge in [0.05, 0.1) is 0 Å². The third kappa shape index (κ3) is 4.33. The van der Waals surface area contributed by atoms with E-state index in [4.69, 9.17) is 0 Å².